The van der Waals surface area contributed by atoms with E-state index in [1.165, 1.54) is 4.90 Å². The predicted octanol–water partition coefficient (Wildman–Crippen LogP) is 2.92. The molecule has 0 atom stereocenters. The minimum atomic E-state index is -0.118. The number of amides is 2. The van der Waals surface area contributed by atoms with Crippen LogP contribution in [0.15, 0.2) is 54.6 Å². The molecule has 2 aromatic rings. The smallest absolute Gasteiger partial charge is 0.253 e. The molecule has 0 spiro atoms. The second kappa shape index (κ2) is 9.47. The normalized spacial score (nSPS) is 15.0. The molecule has 0 radical (unpaired) electrons. The average molecular weight is 393 g/mol. The number of nitrogens with one attached hydrogen (secondary N) is 1. The molecule has 1 fully saturated rings. The summed E-state index contributed by atoms with van der Waals surface area (Å²) in [5.74, 6) is -0.0129. The highest BCUT2D eigenvalue weighted by Crippen LogP contribution is 2.22. The van der Waals surface area contributed by atoms with Crippen molar-refractivity contribution in [3.8, 4) is 0 Å². The summed E-state index contributed by atoms with van der Waals surface area (Å²) >= 11 is 0. The fourth-order valence-electron chi connectivity index (χ4n) is 3.58. The van der Waals surface area contributed by atoms with Crippen LogP contribution in [0.1, 0.15) is 33.6 Å². The number of likely N-dealkylation sites (tertiary alicyclic amines) is 1. The van der Waals surface area contributed by atoms with Crippen LogP contribution >= 0.6 is 0 Å². The van der Waals surface area contributed by atoms with Crippen molar-refractivity contribution in [2.75, 3.05) is 39.0 Å². The Morgan fingerprint density at radius 2 is 1.62 bits per heavy atom. The quantitative estimate of drug-likeness (QED) is 0.766. The maximum Gasteiger partial charge on any atom is 0.253 e. The molecule has 6 nitrogen and oxygen atoms in total. The van der Waals surface area contributed by atoms with Gasteiger partial charge in [-0.05, 0) is 44.1 Å². The Kier molecular flexibility index (Phi) is 6.77. The van der Waals surface area contributed by atoms with Crippen molar-refractivity contribution >= 4 is 23.3 Å². The summed E-state index contributed by atoms with van der Waals surface area (Å²) in [4.78, 5) is 40.6. The molecular formula is C23H27N3O3. The Morgan fingerprint density at radius 3 is 2.28 bits per heavy atom. The Hall–Kier alpha value is -2.99. The van der Waals surface area contributed by atoms with Crippen LogP contribution in [-0.4, -0.2) is 61.1 Å². The molecule has 6 heteroatoms. The van der Waals surface area contributed by atoms with Gasteiger partial charge in [0.2, 0.25) is 5.91 Å². The van der Waals surface area contributed by atoms with E-state index in [1.54, 1.807) is 38.4 Å². The number of rotatable bonds is 6. The van der Waals surface area contributed by atoms with Crippen LogP contribution in [0.3, 0.4) is 0 Å². The Balaban J connectivity index is 1.49. The van der Waals surface area contributed by atoms with Crippen LogP contribution in [0.5, 0.6) is 0 Å². The summed E-state index contributed by atoms with van der Waals surface area (Å²) < 4.78 is 0. The van der Waals surface area contributed by atoms with Crippen LogP contribution < -0.4 is 5.32 Å². The molecule has 2 amide bonds. The van der Waals surface area contributed by atoms with E-state index in [-0.39, 0.29) is 30.1 Å². The van der Waals surface area contributed by atoms with Crippen LogP contribution in [-0.2, 0) is 4.79 Å². The second-order valence-electron chi connectivity index (χ2n) is 7.61. The van der Waals surface area contributed by atoms with Gasteiger partial charge in [0.15, 0.2) is 5.78 Å². The van der Waals surface area contributed by atoms with Gasteiger partial charge in [-0.3, -0.25) is 19.3 Å². The summed E-state index contributed by atoms with van der Waals surface area (Å²) in [6.07, 6.45) is 1.52. The van der Waals surface area contributed by atoms with E-state index in [1.807, 2.05) is 30.3 Å². The molecule has 1 saturated heterocycles. The fraction of sp³-hybridized carbons (Fsp3) is 0.348. The van der Waals surface area contributed by atoms with Crippen molar-refractivity contribution in [3.05, 3.63) is 65.7 Å². The molecule has 1 N–H and O–H groups in total. The number of piperidine rings is 1. The lowest BCUT2D eigenvalue weighted by Gasteiger charge is -2.30. The van der Waals surface area contributed by atoms with E-state index in [9.17, 15) is 14.4 Å². The molecule has 29 heavy (non-hydrogen) atoms. The number of nitrogens with zero attached hydrogens (tertiary/aromatic N) is 2. The van der Waals surface area contributed by atoms with E-state index in [4.69, 9.17) is 0 Å². The van der Waals surface area contributed by atoms with Gasteiger partial charge in [0.1, 0.15) is 0 Å². The summed E-state index contributed by atoms with van der Waals surface area (Å²) in [5.41, 5.74) is 1.90. The fourth-order valence-corrected chi connectivity index (χ4v) is 3.58. The zero-order valence-electron chi connectivity index (χ0n) is 16.9. The van der Waals surface area contributed by atoms with Gasteiger partial charge in [-0.25, -0.2) is 0 Å². The second-order valence-corrected chi connectivity index (χ2v) is 7.61. The first-order valence-electron chi connectivity index (χ1n) is 9.87. The van der Waals surface area contributed by atoms with E-state index in [0.29, 0.717) is 11.3 Å². The molecule has 2 aromatic carbocycles. The minimum Gasteiger partial charge on any atom is -0.345 e. The molecule has 0 aromatic heterocycles. The maximum atomic E-state index is 12.6. The first kappa shape index (κ1) is 20.7. The lowest BCUT2D eigenvalue weighted by molar-refractivity contribution is -0.117. The number of carbonyl (C=O) groups is 3. The molecule has 0 saturated carbocycles. The third-order valence-corrected chi connectivity index (χ3v) is 5.18. The third-order valence-electron chi connectivity index (χ3n) is 5.18. The van der Waals surface area contributed by atoms with Gasteiger partial charge in [0.05, 0.1) is 6.54 Å². The highest BCUT2D eigenvalue weighted by atomic mass is 16.2. The molecule has 1 heterocycles. The predicted molar refractivity (Wildman–Crippen MR) is 113 cm³/mol. The van der Waals surface area contributed by atoms with Crippen molar-refractivity contribution in [1.29, 1.82) is 0 Å². The number of benzene rings is 2. The summed E-state index contributed by atoms with van der Waals surface area (Å²) in [6, 6.07) is 16.3. The van der Waals surface area contributed by atoms with Gasteiger partial charge in [-0.1, -0.05) is 36.4 Å². The first-order chi connectivity index (χ1) is 13.9. The number of anilines is 1. The molecule has 1 aliphatic rings. The van der Waals surface area contributed by atoms with Crippen molar-refractivity contribution in [2.24, 2.45) is 5.92 Å². The first-order valence-corrected chi connectivity index (χ1v) is 9.87. The highest BCUT2D eigenvalue weighted by molar-refractivity contribution is 5.98. The number of carbonyl (C=O) groups excluding carboxylic acids is 3. The molecule has 152 valence electrons. The molecule has 0 unspecified atom stereocenters. The van der Waals surface area contributed by atoms with E-state index in [2.05, 4.69) is 10.2 Å². The zero-order valence-corrected chi connectivity index (χ0v) is 16.9. The molecule has 1 aliphatic heterocycles. The SMILES string of the molecule is CN(C)C(=O)c1cccc(NC(=O)CN2CCC(C(=O)c3ccccc3)CC2)c1. The minimum absolute atomic E-state index is 0.0189. The number of hydrogen-bond acceptors (Lipinski definition) is 4. The standard InChI is InChI=1S/C23H27N3O3/c1-25(2)23(29)19-9-6-10-20(15-19)24-21(27)16-26-13-11-18(12-14-26)22(28)17-7-4-3-5-8-17/h3-10,15,18H,11-14,16H2,1-2H3,(H,24,27). The van der Waals surface area contributed by atoms with Crippen LogP contribution in [0, 0.1) is 5.92 Å². The van der Waals surface area contributed by atoms with Gasteiger partial charge >= 0.3 is 0 Å². The van der Waals surface area contributed by atoms with Crippen molar-refractivity contribution in [2.45, 2.75) is 12.8 Å². The lowest BCUT2D eigenvalue weighted by Crippen LogP contribution is -2.40. The van der Waals surface area contributed by atoms with Crippen LogP contribution in [0.25, 0.3) is 0 Å². The Labute approximate surface area is 171 Å². The largest absolute Gasteiger partial charge is 0.345 e. The van der Waals surface area contributed by atoms with Gasteiger partial charge < -0.3 is 10.2 Å². The highest BCUT2D eigenvalue weighted by Gasteiger charge is 2.26. The van der Waals surface area contributed by atoms with Crippen LogP contribution in [0.2, 0.25) is 0 Å². The summed E-state index contributed by atoms with van der Waals surface area (Å²) in [6.45, 7) is 1.71. The van der Waals surface area contributed by atoms with Gasteiger partial charge in [0, 0.05) is 36.8 Å². The van der Waals surface area contributed by atoms with Gasteiger partial charge in [0.25, 0.3) is 5.91 Å². The monoisotopic (exact) mass is 393 g/mol. The van der Waals surface area contributed by atoms with Crippen LogP contribution in [0.4, 0.5) is 5.69 Å². The number of hydrogen-bond donors (Lipinski definition) is 1. The van der Waals surface area contributed by atoms with E-state index < -0.39 is 0 Å². The lowest BCUT2D eigenvalue weighted by atomic mass is 9.89. The number of Topliss-reactive ketones (excluding diaryl/α,β-unsaturated/α-hetero) is 1. The van der Waals surface area contributed by atoms with E-state index in [0.717, 1.165) is 31.5 Å². The third kappa shape index (κ3) is 5.51. The molecule has 0 aliphatic carbocycles. The topological polar surface area (TPSA) is 69.7 Å². The Bertz CT molecular complexity index is 872. The molecule has 3 rings (SSSR count). The molecular weight excluding hydrogens is 366 g/mol. The summed E-state index contributed by atoms with van der Waals surface area (Å²) in [5, 5.41) is 2.86. The molecule has 0 bridgehead atoms. The maximum absolute atomic E-state index is 12.6. The van der Waals surface area contributed by atoms with E-state index >= 15 is 0 Å². The summed E-state index contributed by atoms with van der Waals surface area (Å²) in [7, 11) is 3.39. The van der Waals surface area contributed by atoms with Crippen molar-refractivity contribution in [1.82, 2.24) is 9.80 Å². The zero-order chi connectivity index (χ0) is 20.8. The van der Waals surface area contributed by atoms with Gasteiger partial charge in [-0.2, -0.15) is 0 Å². The van der Waals surface area contributed by atoms with Gasteiger partial charge in [-0.15, -0.1) is 0 Å². The number of ketones is 1. The average Bonchev–Trinajstić information content (AvgIpc) is 2.74. The Morgan fingerprint density at radius 1 is 0.966 bits per heavy atom. The van der Waals surface area contributed by atoms with Crippen molar-refractivity contribution < 1.29 is 14.4 Å². The van der Waals surface area contributed by atoms with Crippen molar-refractivity contribution in [3.63, 3.8) is 0 Å².